The highest BCUT2D eigenvalue weighted by Gasteiger charge is 2.36. The fourth-order valence-corrected chi connectivity index (χ4v) is 4.24. The van der Waals surface area contributed by atoms with E-state index in [9.17, 15) is 19.2 Å². The predicted octanol–water partition coefficient (Wildman–Crippen LogP) is 0.553. The number of carbonyl (C=O) groups excluding carboxylic acids is 3. The van der Waals surface area contributed by atoms with Crippen molar-refractivity contribution in [1.29, 1.82) is 0 Å². The third kappa shape index (κ3) is 4.51. The number of nitrogens with zero attached hydrogens (tertiary/aromatic N) is 2. The Bertz CT molecular complexity index is 1190. The quantitative estimate of drug-likeness (QED) is 0.474. The molecule has 2 aromatic rings. The number of nitrogens with two attached hydrogens (primary N) is 1. The molecular weight excluding hydrogens is 444 g/mol. The molecule has 1 saturated heterocycles. The Balaban J connectivity index is 1.61. The van der Waals surface area contributed by atoms with Crippen LogP contribution in [0.15, 0.2) is 23.0 Å². The third-order valence-electron chi connectivity index (χ3n) is 6.12. The van der Waals surface area contributed by atoms with Gasteiger partial charge in [-0.05, 0) is 25.0 Å². The van der Waals surface area contributed by atoms with E-state index in [0.29, 0.717) is 43.1 Å². The van der Waals surface area contributed by atoms with Crippen LogP contribution in [0.2, 0.25) is 0 Å². The molecule has 4 rings (SSSR count). The fourth-order valence-electron chi connectivity index (χ4n) is 4.24. The average Bonchev–Trinajstić information content (AvgIpc) is 2.83. The third-order valence-corrected chi connectivity index (χ3v) is 6.12. The first kappa shape index (κ1) is 23.1. The highest BCUT2D eigenvalue weighted by atomic mass is 16.5. The first-order valence-electron chi connectivity index (χ1n) is 10.8. The molecule has 0 saturated carbocycles. The van der Waals surface area contributed by atoms with E-state index in [1.54, 1.807) is 18.2 Å². The van der Waals surface area contributed by atoms with Crippen molar-refractivity contribution in [1.82, 2.24) is 9.97 Å². The second kappa shape index (κ2) is 9.41. The van der Waals surface area contributed by atoms with Crippen molar-refractivity contribution in [3.05, 3.63) is 34.1 Å². The average molecular weight is 470 g/mol. The minimum atomic E-state index is -1.05. The Hall–Kier alpha value is -4.09. The Kier molecular flexibility index (Phi) is 6.39. The maximum absolute atomic E-state index is 13.2. The van der Waals surface area contributed by atoms with Crippen LogP contribution in [0.25, 0.3) is 0 Å². The van der Waals surface area contributed by atoms with Crippen LogP contribution < -0.4 is 36.3 Å². The molecule has 1 aromatic carbocycles. The molecule has 0 bridgehead atoms. The summed E-state index contributed by atoms with van der Waals surface area (Å²) in [6, 6.07) is 4.90. The van der Waals surface area contributed by atoms with Crippen LogP contribution in [0.1, 0.15) is 30.7 Å². The van der Waals surface area contributed by atoms with Crippen molar-refractivity contribution in [3.63, 3.8) is 0 Å². The molecule has 0 unspecified atom stereocenters. The Morgan fingerprint density at radius 1 is 1.18 bits per heavy atom. The number of carbonyl (C=O) groups is 3. The van der Waals surface area contributed by atoms with E-state index in [0.717, 1.165) is 0 Å². The summed E-state index contributed by atoms with van der Waals surface area (Å²) in [5.74, 6) is -1.38. The molecule has 5 N–H and O–H groups in total. The molecule has 34 heavy (non-hydrogen) atoms. The van der Waals surface area contributed by atoms with Crippen LogP contribution in [-0.2, 0) is 14.4 Å². The van der Waals surface area contributed by atoms with Crippen molar-refractivity contribution >= 4 is 35.2 Å². The van der Waals surface area contributed by atoms with Gasteiger partial charge in [0.1, 0.15) is 17.3 Å². The largest absolute Gasteiger partial charge is 0.497 e. The van der Waals surface area contributed by atoms with Crippen LogP contribution in [0.4, 0.5) is 17.5 Å². The number of hydrogen-bond acceptors (Lipinski definition) is 8. The van der Waals surface area contributed by atoms with Gasteiger partial charge in [0, 0.05) is 31.5 Å². The maximum Gasteiger partial charge on any atom is 0.258 e. The number of ether oxygens (including phenoxy) is 2. The first-order valence-corrected chi connectivity index (χ1v) is 10.8. The summed E-state index contributed by atoms with van der Waals surface area (Å²) in [6.07, 6.45) is 0.866. The van der Waals surface area contributed by atoms with Crippen LogP contribution in [0.3, 0.4) is 0 Å². The SMILES string of the molecule is COc1ccc(OC)c(NC(=O)[C@@H]2CC(=O)Nc3nc(N4CCC(C(N)=O)CC4)[nH]c(=O)c32)c1. The number of anilines is 3. The van der Waals surface area contributed by atoms with Crippen LogP contribution >= 0.6 is 0 Å². The van der Waals surface area contributed by atoms with Gasteiger partial charge in [-0.15, -0.1) is 0 Å². The molecule has 1 aromatic heterocycles. The fraction of sp³-hybridized carbons (Fsp3) is 0.409. The Morgan fingerprint density at radius 3 is 2.56 bits per heavy atom. The summed E-state index contributed by atoms with van der Waals surface area (Å²) in [5, 5.41) is 5.33. The van der Waals surface area contributed by atoms with Crippen molar-refractivity contribution in [2.24, 2.45) is 11.7 Å². The molecule has 0 aliphatic carbocycles. The molecule has 12 nitrogen and oxygen atoms in total. The number of rotatable bonds is 6. The summed E-state index contributed by atoms with van der Waals surface area (Å²) in [5.41, 5.74) is 5.29. The number of nitrogens with one attached hydrogen (secondary N) is 3. The number of methoxy groups -OCH3 is 2. The molecule has 1 atom stereocenters. The van der Waals surface area contributed by atoms with Gasteiger partial charge < -0.3 is 30.7 Å². The molecule has 0 spiro atoms. The van der Waals surface area contributed by atoms with Gasteiger partial charge in [-0.3, -0.25) is 24.2 Å². The molecular formula is C22H26N6O6. The Labute approximate surface area is 194 Å². The number of hydrogen-bond donors (Lipinski definition) is 4. The van der Waals surface area contributed by atoms with Crippen LogP contribution in [0, 0.1) is 5.92 Å². The molecule has 3 heterocycles. The minimum absolute atomic E-state index is 0.0461. The van der Waals surface area contributed by atoms with Gasteiger partial charge in [-0.25, -0.2) is 0 Å². The molecule has 0 radical (unpaired) electrons. The van der Waals surface area contributed by atoms with E-state index in [-0.39, 0.29) is 35.6 Å². The minimum Gasteiger partial charge on any atom is -0.497 e. The summed E-state index contributed by atoms with van der Waals surface area (Å²) in [6.45, 7) is 0.950. The second-order valence-corrected chi connectivity index (χ2v) is 8.18. The summed E-state index contributed by atoms with van der Waals surface area (Å²) in [4.78, 5) is 58.9. The lowest BCUT2D eigenvalue weighted by Crippen LogP contribution is -2.41. The number of benzene rings is 1. The standard InChI is InChI=1S/C22H26N6O6/c1-33-12-3-4-15(34-2)14(9-12)24-20(31)13-10-16(29)25-19-17(13)21(32)27-22(26-19)28-7-5-11(6-8-28)18(23)30/h3-4,9,11,13H,5-8,10H2,1-2H3,(H2,23,30)(H,24,31)(H2,25,26,27,29,32)/t13-/m1/s1. The summed E-state index contributed by atoms with van der Waals surface area (Å²) in [7, 11) is 2.96. The molecule has 1 fully saturated rings. The Morgan fingerprint density at radius 2 is 1.91 bits per heavy atom. The van der Waals surface area contributed by atoms with Gasteiger partial charge in [0.2, 0.25) is 23.7 Å². The van der Waals surface area contributed by atoms with Gasteiger partial charge in [0.05, 0.1) is 31.4 Å². The molecule has 2 aliphatic rings. The van der Waals surface area contributed by atoms with E-state index >= 15 is 0 Å². The van der Waals surface area contributed by atoms with Gasteiger partial charge >= 0.3 is 0 Å². The smallest absolute Gasteiger partial charge is 0.258 e. The van der Waals surface area contributed by atoms with Crippen molar-refractivity contribution in [2.45, 2.75) is 25.2 Å². The molecule has 12 heteroatoms. The lowest BCUT2D eigenvalue weighted by Gasteiger charge is -2.32. The number of primary amides is 1. The topological polar surface area (TPSA) is 169 Å². The predicted molar refractivity (Wildman–Crippen MR) is 123 cm³/mol. The van der Waals surface area contributed by atoms with Gasteiger partial charge in [0.25, 0.3) is 5.56 Å². The van der Waals surface area contributed by atoms with E-state index in [1.807, 2.05) is 4.90 Å². The molecule has 2 aliphatic heterocycles. The maximum atomic E-state index is 13.2. The van der Waals surface area contributed by atoms with Crippen LogP contribution in [0.5, 0.6) is 11.5 Å². The van der Waals surface area contributed by atoms with E-state index in [1.165, 1.54) is 14.2 Å². The van der Waals surface area contributed by atoms with E-state index in [2.05, 4.69) is 20.6 Å². The molecule has 3 amide bonds. The summed E-state index contributed by atoms with van der Waals surface area (Å²) < 4.78 is 10.5. The number of aromatic amines is 1. The number of fused-ring (bicyclic) bond motifs is 1. The number of aromatic nitrogens is 2. The van der Waals surface area contributed by atoms with Crippen molar-refractivity contribution in [3.8, 4) is 11.5 Å². The van der Waals surface area contributed by atoms with E-state index < -0.39 is 23.3 Å². The highest BCUT2D eigenvalue weighted by Crippen LogP contribution is 2.34. The zero-order valence-electron chi connectivity index (χ0n) is 18.8. The lowest BCUT2D eigenvalue weighted by atomic mass is 9.92. The lowest BCUT2D eigenvalue weighted by molar-refractivity contribution is -0.123. The molecule has 180 valence electrons. The first-order chi connectivity index (χ1) is 16.3. The van der Waals surface area contributed by atoms with Gasteiger partial charge in [0.15, 0.2) is 0 Å². The monoisotopic (exact) mass is 470 g/mol. The normalized spacial score (nSPS) is 18.0. The van der Waals surface area contributed by atoms with Gasteiger partial charge in [-0.1, -0.05) is 0 Å². The van der Waals surface area contributed by atoms with Gasteiger partial charge in [-0.2, -0.15) is 4.98 Å². The summed E-state index contributed by atoms with van der Waals surface area (Å²) >= 11 is 0. The number of piperidine rings is 1. The van der Waals surface area contributed by atoms with E-state index in [4.69, 9.17) is 15.2 Å². The zero-order valence-corrected chi connectivity index (χ0v) is 18.8. The van der Waals surface area contributed by atoms with Crippen molar-refractivity contribution in [2.75, 3.05) is 42.8 Å². The number of amides is 3. The zero-order chi connectivity index (χ0) is 24.4. The second-order valence-electron chi connectivity index (χ2n) is 8.18. The van der Waals surface area contributed by atoms with Crippen molar-refractivity contribution < 1.29 is 23.9 Å². The van der Waals surface area contributed by atoms with Crippen LogP contribution in [-0.4, -0.2) is 55.0 Å². The number of H-pyrrole nitrogens is 1. The highest BCUT2D eigenvalue weighted by molar-refractivity contribution is 6.05.